The zero-order valence-corrected chi connectivity index (χ0v) is 48.5. The highest BCUT2D eigenvalue weighted by atomic mass is 16.6. The topological polar surface area (TPSA) is 78.9 Å². The van der Waals surface area contributed by atoms with Crippen molar-refractivity contribution >= 4 is 17.9 Å². The molecule has 6 nitrogen and oxygen atoms in total. The first-order chi connectivity index (χ1) is 35.5. The molecule has 0 aliphatic rings. The molecule has 0 saturated carbocycles. The van der Waals surface area contributed by atoms with Crippen LogP contribution >= 0.6 is 0 Å². The summed E-state index contributed by atoms with van der Waals surface area (Å²) in [5, 5.41) is 0. The zero-order valence-electron chi connectivity index (χ0n) is 48.5. The normalized spacial score (nSPS) is 12.2. The second-order valence-electron chi connectivity index (χ2n) is 21.7. The van der Waals surface area contributed by atoms with Gasteiger partial charge in [-0.2, -0.15) is 0 Å². The molecule has 0 bridgehead atoms. The lowest BCUT2D eigenvalue weighted by atomic mass is 10.0. The molecule has 0 saturated heterocycles. The highest BCUT2D eigenvalue weighted by Crippen LogP contribution is 2.18. The fourth-order valence-electron chi connectivity index (χ4n) is 9.54. The van der Waals surface area contributed by atoms with Gasteiger partial charge in [0, 0.05) is 19.3 Å². The number of allylic oxidation sites excluding steroid dienone is 6. The van der Waals surface area contributed by atoms with Crippen molar-refractivity contribution in [3.63, 3.8) is 0 Å². The van der Waals surface area contributed by atoms with Crippen LogP contribution in [-0.4, -0.2) is 37.2 Å². The van der Waals surface area contributed by atoms with Crippen LogP contribution in [0, 0.1) is 0 Å². The molecule has 1 atom stereocenters. The lowest BCUT2D eigenvalue weighted by Crippen LogP contribution is -2.30. The second-order valence-corrected chi connectivity index (χ2v) is 21.7. The van der Waals surface area contributed by atoms with Crippen LogP contribution in [0.2, 0.25) is 0 Å². The van der Waals surface area contributed by atoms with Gasteiger partial charge in [0.2, 0.25) is 0 Å². The minimum atomic E-state index is -0.775. The molecule has 6 heteroatoms. The first-order valence-corrected chi connectivity index (χ1v) is 32.0. The SMILES string of the molecule is CCC/C=C\CCCCCCCC(=O)OCC(COC(=O)CCCCCCCCCCCCCCCCCCCCCCCCCCC)OC(=O)CCCCCCCCCCC/C=C\C/C=C\CCCCC. The number of carbonyl (C=O) groups is 3. The summed E-state index contributed by atoms with van der Waals surface area (Å²) in [6.07, 6.45) is 74.5. The van der Waals surface area contributed by atoms with Crippen molar-refractivity contribution in [2.24, 2.45) is 0 Å². The fourth-order valence-corrected chi connectivity index (χ4v) is 9.54. The Balaban J connectivity index is 4.18. The van der Waals surface area contributed by atoms with E-state index in [1.54, 1.807) is 0 Å². The Morgan fingerprint density at radius 1 is 0.278 bits per heavy atom. The van der Waals surface area contributed by atoms with Crippen LogP contribution < -0.4 is 0 Å². The van der Waals surface area contributed by atoms with Crippen molar-refractivity contribution in [3.8, 4) is 0 Å². The lowest BCUT2D eigenvalue weighted by molar-refractivity contribution is -0.167. The van der Waals surface area contributed by atoms with Gasteiger partial charge in [0.25, 0.3) is 0 Å². The van der Waals surface area contributed by atoms with Crippen molar-refractivity contribution in [1.29, 1.82) is 0 Å². The number of unbranched alkanes of at least 4 members (excludes halogenated alkanes) is 42. The van der Waals surface area contributed by atoms with Gasteiger partial charge < -0.3 is 14.2 Å². The number of rotatable bonds is 59. The summed E-state index contributed by atoms with van der Waals surface area (Å²) in [6, 6.07) is 0. The third-order valence-corrected chi connectivity index (χ3v) is 14.3. The quantitative estimate of drug-likeness (QED) is 0.0261. The van der Waals surface area contributed by atoms with E-state index < -0.39 is 6.10 Å². The second kappa shape index (κ2) is 61.2. The van der Waals surface area contributed by atoms with Crippen molar-refractivity contribution in [2.75, 3.05) is 13.2 Å². The first-order valence-electron chi connectivity index (χ1n) is 32.0. The molecule has 422 valence electrons. The molecule has 0 heterocycles. The highest BCUT2D eigenvalue weighted by Gasteiger charge is 2.19. The first kappa shape index (κ1) is 69.6. The molecule has 0 N–H and O–H groups in total. The zero-order chi connectivity index (χ0) is 52.2. The van der Waals surface area contributed by atoms with E-state index in [9.17, 15) is 14.4 Å². The number of esters is 3. The van der Waals surface area contributed by atoms with Crippen molar-refractivity contribution in [2.45, 2.75) is 354 Å². The molecular weight excluding hydrogens is 889 g/mol. The Morgan fingerprint density at radius 3 is 0.861 bits per heavy atom. The lowest BCUT2D eigenvalue weighted by Gasteiger charge is -2.18. The third-order valence-electron chi connectivity index (χ3n) is 14.3. The van der Waals surface area contributed by atoms with Gasteiger partial charge in [-0.05, 0) is 70.6 Å². The van der Waals surface area contributed by atoms with E-state index in [2.05, 4.69) is 57.2 Å². The van der Waals surface area contributed by atoms with Gasteiger partial charge in [-0.3, -0.25) is 14.4 Å². The van der Waals surface area contributed by atoms with Crippen molar-refractivity contribution in [3.05, 3.63) is 36.5 Å². The maximum atomic E-state index is 12.9. The molecule has 72 heavy (non-hydrogen) atoms. The van der Waals surface area contributed by atoms with Gasteiger partial charge in [0.1, 0.15) is 13.2 Å². The number of carbonyl (C=O) groups excluding carboxylic acids is 3. The maximum absolute atomic E-state index is 12.9. The van der Waals surface area contributed by atoms with E-state index >= 15 is 0 Å². The molecular formula is C66H122O6. The Morgan fingerprint density at radius 2 is 0.528 bits per heavy atom. The average Bonchev–Trinajstić information content (AvgIpc) is 3.38. The van der Waals surface area contributed by atoms with Gasteiger partial charge in [-0.15, -0.1) is 0 Å². The molecule has 0 aliphatic heterocycles. The predicted molar refractivity (Wildman–Crippen MR) is 312 cm³/mol. The molecule has 0 aliphatic carbocycles. The van der Waals surface area contributed by atoms with Crippen LogP contribution in [0.25, 0.3) is 0 Å². The summed E-state index contributed by atoms with van der Waals surface area (Å²) in [4.78, 5) is 38.2. The van der Waals surface area contributed by atoms with Gasteiger partial charge in [-0.25, -0.2) is 0 Å². The molecule has 0 amide bonds. The predicted octanol–water partition coefficient (Wildman–Crippen LogP) is 21.6. The largest absolute Gasteiger partial charge is 0.462 e. The molecule has 0 aromatic rings. The fraction of sp³-hybridized carbons (Fsp3) is 0.864. The smallest absolute Gasteiger partial charge is 0.306 e. The van der Waals surface area contributed by atoms with Gasteiger partial charge in [0.15, 0.2) is 6.10 Å². The molecule has 0 fully saturated rings. The molecule has 0 spiro atoms. The monoisotopic (exact) mass is 1010 g/mol. The Bertz CT molecular complexity index is 1210. The van der Waals surface area contributed by atoms with E-state index in [0.717, 1.165) is 77.0 Å². The Kier molecular flexibility index (Phi) is 59.2. The molecule has 0 aromatic heterocycles. The van der Waals surface area contributed by atoms with Crippen LogP contribution in [0.4, 0.5) is 0 Å². The van der Waals surface area contributed by atoms with E-state index in [1.165, 1.54) is 231 Å². The Labute approximate surface area is 448 Å². The maximum Gasteiger partial charge on any atom is 0.306 e. The summed E-state index contributed by atoms with van der Waals surface area (Å²) in [5.74, 6) is -0.868. The van der Waals surface area contributed by atoms with Crippen LogP contribution in [-0.2, 0) is 28.6 Å². The minimum Gasteiger partial charge on any atom is -0.462 e. The number of ether oxygens (including phenoxy) is 3. The van der Waals surface area contributed by atoms with E-state index in [1.807, 2.05) is 0 Å². The van der Waals surface area contributed by atoms with E-state index in [0.29, 0.717) is 19.3 Å². The van der Waals surface area contributed by atoms with Gasteiger partial charge in [-0.1, -0.05) is 295 Å². The standard InChI is InChI=1S/C66H122O6/c1-4-7-10-13-16-19-22-24-26-28-30-31-32-33-34-35-37-38-40-42-44-47-50-53-56-59-65(68)71-62-63(61-70-64(67)58-55-52-49-46-21-18-15-12-9-6-3)72-66(69)60-57-54-51-48-45-43-41-39-36-29-27-25-23-20-17-14-11-8-5-2/h12,15,17,20,25,27,63H,4-11,13-14,16,18-19,21-24,26,28-62H2,1-3H3/b15-12-,20-17-,27-25-. The molecule has 1 unspecified atom stereocenters. The summed E-state index contributed by atoms with van der Waals surface area (Å²) in [7, 11) is 0. The van der Waals surface area contributed by atoms with Crippen LogP contribution in [0.1, 0.15) is 348 Å². The average molecular weight is 1010 g/mol. The minimum absolute atomic E-state index is 0.0726. The molecule has 0 rings (SSSR count). The molecule has 0 aromatic carbocycles. The van der Waals surface area contributed by atoms with Crippen LogP contribution in [0.3, 0.4) is 0 Å². The summed E-state index contributed by atoms with van der Waals surface area (Å²) < 4.78 is 16.9. The summed E-state index contributed by atoms with van der Waals surface area (Å²) >= 11 is 0. The summed E-state index contributed by atoms with van der Waals surface area (Å²) in [6.45, 7) is 6.60. The third kappa shape index (κ3) is 58.5. The van der Waals surface area contributed by atoms with Crippen LogP contribution in [0.15, 0.2) is 36.5 Å². The number of hydrogen-bond donors (Lipinski definition) is 0. The highest BCUT2D eigenvalue weighted by molar-refractivity contribution is 5.71. The van der Waals surface area contributed by atoms with Crippen molar-refractivity contribution < 1.29 is 28.6 Å². The molecule has 0 radical (unpaired) electrons. The van der Waals surface area contributed by atoms with Crippen molar-refractivity contribution in [1.82, 2.24) is 0 Å². The van der Waals surface area contributed by atoms with E-state index in [-0.39, 0.29) is 31.1 Å². The van der Waals surface area contributed by atoms with Crippen LogP contribution in [0.5, 0.6) is 0 Å². The van der Waals surface area contributed by atoms with Gasteiger partial charge in [0.05, 0.1) is 0 Å². The van der Waals surface area contributed by atoms with Gasteiger partial charge >= 0.3 is 17.9 Å². The van der Waals surface area contributed by atoms with E-state index in [4.69, 9.17) is 14.2 Å². The Hall–Kier alpha value is -2.37. The summed E-state index contributed by atoms with van der Waals surface area (Å²) in [5.41, 5.74) is 0. The number of hydrogen-bond acceptors (Lipinski definition) is 6.